The number of carbonyl (C=O) groups is 1. The van der Waals surface area contributed by atoms with Crippen molar-refractivity contribution in [2.45, 2.75) is 30.5 Å². The molecule has 4 aromatic rings. The van der Waals surface area contributed by atoms with Gasteiger partial charge in [0.15, 0.2) is 5.13 Å². The van der Waals surface area contributed by atoms with E-state index in [4.69, 9.17) is 16.6 Å². The zero-order valence-corrected chi connectivity index (χ0v) is 19.0. The molecule has 0 aliphatic heterocycles. The Morgan fingerprint density at radius 3 is 2.73 bits per heavy atom. The van der Waals surface area contributed by atoms with Crippen LogP contribution >= 0.6 is 34.7 Å². The van der Waals surface area contributed by atoms with Crippen LogP contribution in [-0.2, 0) is 6.54 Å². The molecular formula is C23H20ClN3OS2. The standard InChI is InChI=1S/C23H20ClN3OS2/c1-15(2)29-18-8-3-7-17(12-18)22(28)27(14-16-6-5-11-25-13-16)23-26-21-19(24)9-4-10-20(21)30-23/h3-13,15H,14H2,1-2H3. The molecule has 4 nitrogen and oxygen atoms in total. The fourth-order valence-corrected chi connectivity index (χ4v) is 5.21. The van der Waals surface area contributed by atoms with Gasteiger partial charge >= 0.3 is 0 Å². The predicted octanol–water partition coefficient (Wildman–Crippen LogP) is 6.69. The van der Waals surface area contributed by atoms with E-state index < -0.39 is 0 Å². The highest BCUT2D eigenvalue weighted by Gasteiger charge is 2.23. The summed E-state index contributed by atoms with van der Waals surface area (Å²) >= 11 is 9.53. The van der Waals surface area contributed by atoms with E-state index in [2.05, 4.69) is 18.8 Å². The van der Waals surface area contributed by atoms with E-state index in [0.29, 0.717) is 33.0 Å². The van der Waals surface area contributed by atoms with Gasteiger partial charge in [0.2, 0.25) is 0 Å². The van der Waals surface area contributed by atoms with E-state index in [1.165, 1.54) is 11.3 Å². The van der Waals surface area contributed by atoms with Crippen LogP contribution in [0.4, 0.5) is 5.13 Å². The minimum Gasteiger partial charge on any atom is -0.279 e. The van der Waals surface area contributed by atoms with E-state index in [1.807, 2.05) is 54.6 Å². The summed E-state index contributed by atoms with van der Waals surface area (Å²) in [5, 5.41) is 1.64. The molecule has 2 aromatic carbocycles. The highest BCUT2D eigenvalue weighted by molar-refractivity contribution is 7.99. The number of carbonyl (C=O) groups excluding carboxylic acids is 1. The molecular weight excluding hydrogens is 434 g/mol. The Morgan fingerprint density at radius 2 is 2.00 bits per heavy atom. The van der Waals surface area contributed by atoms with E-state index in [1.54, 1.807) is 29.1 Å². The number of fused-ring (bicyclic) bond motifs is 1. The maximum absolute atomic E-state index is 13.6. The average molecular weight is 454 g/mol. The molecule has 0 aliphatic rings. The molecule has 0 spiro atoms. The van der Waals surface area contributed by atoms with Crippen LogP contribution in [0.1, 0.15) is 29.8 Å². The van der Waals surface area contributed by atoms with E-state index in [9.17, 15) is 4.79 Å². The SMILES string of the molecule is CC(C)Sc1cccc(C(=O)N(Cc2cccnc2)c2nc3c(Cl)cccc3s2)c1. The van der Waals surface area contributed by atoms with Gasteiger partial charge in [-0.2, -0.15) is 0 Å². The highest BCUT2D eigenvalue weighted by atomic mass is 35.5. The Kier molecular flexibility index (Phi) is 6.37. The van der Waals surface area contributed by atoms with Crippen molar-refractivity contribution < 1.29 is 4.79 Å². The molecule has 0 atom stereocenters. The van der Waals surface area contributed by atoms with Gasteiger partial charge in [0.05, 0.1) is 16.3 Å². The first-order valence-electron chi connectivity index (χ1n) is 9.54. The molecule has 1 amide bonds. The maximum atomic E-state index is 13.6. The Hall–Kier alpha value is -2.41. The third-order valence-electron chi connectivity index (χ3n) is 4.35. The first-order valence-corrected chi connectivity index (χ1v) is 11.6. The molecule has 0 fully saturated rings. The molecule has 0 radical (unpaired) electrons. The van der Waals surface area contributed by atoms with E-state index in [0.717, 1.165) is 15.2 Å². The lowest BCUT2D eigenvalue weighted by atomic mass is 10.2. The number of halogens is 1. The molecule has 0 saturated carbocycles. The van der Waals surface area contributed by atoms with Gasteiger partial charge in [-0.05, 0) is 42.0 Å². The number of thiazole rings is 1. The minimum absolute atomic E-state index is 0.0970. The van der Waals surface area contributed by atoms with Gasteiger partial charge in [-0.15, -0.1) is 11.8 Å². The summed E-state index contributed by atoms with van der Waals surface area (Å²) in [6.07, 6.45) is 3.49. The lowest BCUT2D eigenvalue weighted by Crippen LogP contribution is -2.30. The van der Waals surface area contributed by atoms with Crippen LogP contribution in [0.25, 0.3) is 10.2 Å². The van der Waals surface area contributed by atoms with Gasteiger partial charge in [0.25, 0.3) is 5.91 Å². The summed E-state index contributed by atoms with van der Waals surface area (Å²) in [4.78, 5) is 25.2. The van der Waals surface area contributed by atoms with Crippen molar-refractivity contribution >= 4 is 56.0 Å². The van der Waals surface area contributed by atoms with Crippen LogP contribution in [0.5, 0.6) is 0 Å². The van der Waals surface area contributed by atoms with Crippen molar-refractivity contribution in [3.63, 3.8) is 0 Å². The third kappa shape index (κ3) is 4.67. The topological polar surface area (TPSA) is 46.1 Å². The van der Waals surface area contributed by atoms with Gasteiger partial charge in [-0.25, -0.2) is 4.98 Å². The number of hydrogen-bond acceptors (Lipinski definition) is 5. The number of benzene rings is 2. The summed E-state index contributed by atoms with van der Waals surface area (Å²) in [7, 11) is 0. The van der Waals surface area contributed by atoms with Crippen LogP contribution in [0.2, 0.25) is 5.02 Å². The number of hydrogen-bond donors (Lipinski definition) is 0. The number of thioether (sulfide) groups is 1. The number of nitrogens with zero attached hydrogens (tertiary/aromatic N) is 3. The predicted molar refractivity (Wildman–Crippen MR) is 127 cm³/mol. The van der Waals surface area contributed by atoms with Gasteiger partial charge in [0.1, 0.15) is 5.52 Å². The number of aromatic nitrogens is 2. The van der Waals surface area contributed by atoms with Gasteiger partial charge < -0.3 is 0 Å². The Morgan fingerprint density at radius 1 is 1.17 bits per heavy atom. The largest absolute Gasteiger partial charge is 0.279 e. The molecule has 30 heavy (non-hydrogen) atoms. The molecule has 0 saturated heterocycles. The van der Waals surface area contributed by atoms with E-state index in [-0.39, 0.29) is 5.91 Å². The number of anilines is 1. The molecule has 2 heterocycles. The maximum Gasteiger partial charge on any atom is 0.260 e. The molecule has 152 valence electrons. The molecule has 0 bridgehead atoms. The number of pyridine rings is 1. The second-order valence-electron chi connectivity index (χ2n) is 7.03. The third-order valence-corrected chi connectivity index (χ3v) is 6.70. The fourth-order valence-electron chi connectivity index (χ4n) is 3.05. The lowest BCUT2D eigenvalue weighted by Gasteiger charge is -2.20. The Balaban J connectivity index is 1.74. The Bertz CT molecular complexity index is 1180. The van der Waals surface area contributed by atoms with E-state index >= 15 is 0 Å². The first-order chi connectivity index (χ1) is 14.5. The van der Waals surface area contributed by atoms with Crippen molar-refractivity contribution in [3.8, 4) is 0 Å². The molecule has 7 heteroatoms. The van der Waals surface area contributed by atoms with Crippen LogP contribution in [-0.4, -0.2) is 21.1 Å². The van der Waals surface area contributed by atoms with Gasteiger partial charge in [-0.1, -0.05) is 55.0 Å². The van der Waals surface area contributed by atoms with Crippen molar-refractivity contribution in [2.24, 2.45) is 0 Å². The molecule has 0 unspecified atom stereocenters. The van der Waals surface area contributed by atoms with Crippen LogP contribution in [0.15, 0.2) is 71.9 Å². The fraction of sp³-hybridized carbons (Fsp3) is 0.174. The number of rotatable bonds is 6. The molecule has 0 aliphatic carbocycles. The zero-order chi connectivity index (χ0) is 21.1. The Labute approximate surface area is 188 Å². The van der Waals surface area contributed by atoms with Crippen LogP contribution in [0.3, 0.4) is 0 Å². The van der Waals surface area contributed by atoms with Crippen molar-refractivity contribution in [3.05, 3.63) is 83.1 Å². The number of amides is 1. The summed E-state index contributed by atoms with van der Waals surface area (Å²) in [5.41, 5.74) is 2.28. The molecule has 4 rings (SSSR count). The second-order valence-corrected chi connectivity index (χ2v) is 10.1. The lowest BCUT2D eigenvalue weighted by molar-refractivity contribution is 0.0985. The highest BCUT2D eigenvalue weighted by Crippen LogP contribution is 2.34. The molecule has 2 aromatic heterocycles. The summed E-state index contributed by atoms with van der Waals surface area (Å²) in [5.74, 6) is -0.0970. The van der Waals surface area contributed by atoms with Crippen molar-refractivity contribution in [1.82, 2.24) is 9.97 Å². The molecule has 0 N–H and O–H groups in total. The monoisotopic (exact) mass is 453 g/mol. The van der Waals surface area contributed by atoms with Gasteiger partial charge in [0, 0.05) is 28.1 Å². The smallest absolute Gasteiger partial charge is 0.260 e. The summed E-state index contributed by atoms with van der Waals surface area (Å²) in [6, 6.07) is 17.3. The summed E-state index contributed by atoms with van der Waals surface area (Å²) in [6.45, 7) is 4.66. The quantitative estimate of drug-likeness (QED) is 0.305. The van der Waals surface area contributed by atoms with Gasteiger partial charge in [-0.3, -0.25) is 14.7 Å². The second kappa shape index (κ2) is 9.16. The summed E-state index contributed by atoms with van der Waals surface area (Å²) < 4.78 is 0.950. The number of para-hydroxylation sites is 1. The first kappa shape index (κ1) is 20.8. The normalized spacial score (nSPS) is 11.2. The van der Waals surface area contributed by atoms with Crippen LogP contribution < -0.4 is 4.90 Å². The zero-order valence-electron chi connectivity index (χ0n) is 16.6. The average Bonchev–Trinajstić information content (AvgIpc) is 3.17. The van der Waals surface area contributed by atoms with Crippen LogP contribution in [0, 0.1) is 0 Å². The van der Waals surface area contributed by atoms with Crippen molar-refractivity contribution in [2.75, 3.05) is 4.90 Å². The van der Waals surface area contributed by atoms with Crippen molar-refractivity contribution in [1.29, 1.82) is 0 Å². The minimum atomic E-state index is -0.0970.